The Balaban J connectivity index is 1.87. The van der Waals surface area contributed by atoms with E-state index in [-0.39, 0.29) is 17.1 Å². The Morgan fingerprint density at radius 2 is 1.10 bits per heavy atom. The van der Waals surface area contributed by atoms with Gasteiger partial charge in [-0.2, -0.15) is 5.26 Å². The molecule has 0 atom stereocenters. The Hall–Kier alpha value is -3.52. The summed E-state index contributed by atoms with van der Waals surface area (Å²) in [7, 11) is 0. The third-order valence-electron chi connectivity index (χ3n) is 10.1. The highest BCUT2D eigenvalue weighted by molar-refractivity contribution is 7.19. The molecule has 7 heteroatoms. The summed E-state index contributed by atoms with van der Waals surface area (Å²) >= 11 is 3.32. The number of carbonyl (C=O) groups is 2. The number of nitrogens with zero attached hydrogens (tertiary/aromatic N) is 2. The van der Waals surface area contributed by atoms with Crippen LogP contribution in [0.3, 0.4) is 0 Å². The van der Waals surface area contributed by atoms with Crippen molar-refractivity contribution in [2.24, 2.45) is 0 Å². The van der Waals surface area contributed by atoms with Crippen molar-refractivity contribution in [2.75, 3.05) is 6.61 Å². The molecule has 0 amide bonds. The van der Waals surface area contributed by atoms with E-state index in [1.54, 1.807) is 22.7 Å². The van der Waals surface area contributed by atoms with E-state index < -0.39 is 5.97 Å². The molecule has 0 bridgehead atoms. The van der Waals surface area contributed by atoms with Crippen molar-refractivity contribution >= 4 is 76.6 Å². The second-order valence-electron chi connectivity index (χ2n) is 14.3. The van der Waals surface area contributed by atoms with E-state index >= 15 is 0 Å². The normalized spacial score (nSPS) is 12.7. The minimum atomic E-state index is -0.561. The minimum Gasteiger partial charge on any atom is -0.471 e. The standard InChI is InChI=1S/C45H58N2O3S2/c1-6-9-12-15-18-21-24-33-27-37-36-30-40(42(47-5)45(49)50-26-23-20-17-14-11-8-3)44-38(28-34(52-44)25-22-19-16-13-10-7-2)35(36)29-39(43(37)51-33)41(31-46)32(4)48/h27-30H,6-26H2,1-4H3/b41-39+,42-40-. The number of ketones is 1. The first-order chi connectivity index (χ1) is 25.4. The minimum absolute atomic E-state index is 0.0265. The van der Waals surface area contributed by atoms with Crippen LogP contribution in [0.4, 0.5) is 0 Å². The fraction of sp³-hybridized carbons (Fsp3) is 0.556. The van der Waals surface area contributed by atoms with Crippen LogP contribution in [0, 0.1) is 17.9 Å². The molecule has 52 heavy (non-hydrogen) atoms. The highest BCUT2D eigenvalue weighted by atomic mass is 32.1. The summed E-state index contributed by atoms with van der Waals surface area (Å²) < 4.78 is 7.55. The molecule has 4 aromatic rings. The number of fused-ring (bicyclic) bond motifs is 5. The van der Waals surface area contributed by atoms with E-state index in [9.17, 15) is 14.9 Å². The van der Waals surface area contributed by atoms with Gasteiger partial charge >= 0.3 is 5.97 Å². The molecule has 5 nitrogen and oxygen atoms in total. The maximum Gasteiger partial charge on any atom is 0.336 e. The van der Waals surface area contributed by atoms with Gasteiger partial charge in [-0.15, -0.1) is 22.7 Å². The van der Waals surface area contributed by atoms with Crippen LogP contribution in [0.2, 0.25) is 0 Å². The molecule has 2 heterocycles. The quantitative estimate of drug-likeness (QED) is 0.0431. The van der Waals surface area contributed by atoms with Gasteiger partial charge in [0.05, 0.1) is 13.2 Å². The number of Topliss-reactive ketones (excluding diaryl/α,β-unsaturated/α-hetero) is 1. The highest BCUT2D eigenvalue weighted by Gasteiger charge is 2.20. The summed E-state index contributed by atoms with van der Waals surface area (Å²) in [5.74, 6) is -0.804. The number of esters is 1. The van der Waals surface area contributed by atoms with Crippen LogP contribution < -0.4 is 10.4 Å². The Labute approximate surface area is 319 Å². The molecule has 4 rings (SSSR count). The van der Waals surface area contributed by atoms with Crippen LogP contribution in [-0.2, 0) is 27.2 Å². The van der Waals surface area contributed by atoms with Gasteiger partial charge in [0.25, 0.3) is 5.70 Å². The van der Waals surface area contributed by atoms with Crippen LogP contribution in [0.1, 0.15) is 153 Å². The van der Waals surface area contributed by atoms with Gasteiger partial charge in [0.15, 0.2) is 5.78 Å². The first-order valence-electron chi connectivity index (χ1n) is 20.0. The predicted octanol–water partition coefficient (Wildman–Crippen LogP) is 12.3. The summed E-state index contributed by atoms with van der Waals surface area (Å²) in [6, 6.07) is 10.7. The third kappa shape index (κ3) is 11.0. The molecule has 0 N–H and O–H groups in total. The fourth-order valence-electron chi connectivity index (χ4n) is 7.13. The van der Waals surface area contributed by atoms with E-state index in [4.69, 9.17) is 11.3 Å². The van der Waals surface area contributed by atoms with Crippen LogP contribution in [0.15, 0.2) is 24.3 Å². The van der Waals surface area contributed by atoms with Crippen molar-refractivity contribution in [3.05, 3.63) is 55.9 Å². The first-order valence-corrected chi connectivity index (χ1v) is 21.7. The van der Waals surface area contributed by atoms with Crippen molar-refractivity contribution in [1.29, 1.82) is 5.26 Å². The Morgan fingerprint density at radius 1 is 0.654 bits per heavy atom. The van der Waals surface area contributed by atoms with E-state index in [0.717, 1.165) is 75.9 Å². The molecule has 0 spiro atoms. The highest BCUT2D eigenvalue weighted by Crippen LogP contribution is 2.36. The number of rotatable bonds is 23. The van der Waals surface area contributed by atoms with Crippen molar-refractivity contribution < 1.29 is 14.3 Å². The molecule has 2 aromatic heterocycles. The second-order valence-corrected chi connectivity index (χ2v) is 16.6. The maximum atomic E-state index is 13.6. The Bertz CT molecular complexity index is 2020. The Kier molecular flexibility index (Phi) is 17.3. The molecule has 0 aliphatic rings. The van der Waals surface area contributed by atoms with Crippen LogP contribution in [-0.4, -0.2) is 18.4 Å². The van der Waals surface area contributed by atoms with Gasteiger partial charge in [0.2, 0.25) is 0 Å². The summed E-state index contributed by atoms with van der Waals surface area (Å²) in [5.41, 5.74) is 0.199. The summed E-state index contributed by atoms with van der Waals surface area (Å²) in [4.78, 5) is 32.7. The first kappa shape index (κ1) is 41.2. The van der Waals surface area contributed by atoms with Gasteiger partial charge in [0.1, 0.15) is 11.6 Å². The molecule has 0 fully saturated rings. The fourth-order valence-corrected chi connectivity index (χ4v) is 9.60. The number of aryl methyl sites for hydroxylation is 2. The van der Waals surface area contributed by atoms with Gasteiger partial charge in [0, 0.05) is 35.0 Å². The summed E-state index contributed by atoms with van der Waals surface area (Å²) in [5, 5.41) is 15.3. The van der Waals surface area contributed by atoms with E-state index in [2.05, 4.69) is 43.8 Å². The van der Waals surface area contributed by atoms with Gasteiger partial charge in [-0.05, 0) is 73.4 Å². The van der Waals surface area contributed by atoms with Crippen molar-refractivity contribution in [3.63, 3.8) is 0 Å². The molecular formula is C45H58N2O3S2. The maximum absolute atomic E-state index is 13.6. The molecule has 0 saturated carbocycles. The molecule has 0 unspecified atom stereocenters. The lowest BCUT2D eigenvalue weighted by atomic mass is 9.97. The SMILES string of the molecule is [C-]#[N+]/C(C(=O)OCCCCCCCC)=c1/cc2c3cc(CCCCCCCC)sc3/c(=C(\C#N)C(C)=O)cc2c2cc(CCCCCCCC)sc12. The molecular weight excluding hydrogens is 681 g/mol. The lowest BCUT2D eigenvalue weighted by Crippen LogP contribution is -2.16. The number of benzene rings is 2. The number of hydrogen-bond donors (Lipinski definition) is 0. The monoisotopic (exact) mass is 738 g/mol. The van der Waals surface area contributed by atoms with Crippen LogP contribution >= 0.6 is 22.7 Å². The average Bonchev–Trinajstić information content (AvgIpc) is 3.77. The molecule has 0 saturated heterocycles. The number of thiophene rings is 2. The third-order valence-corrected chi connectivity index (χ3v) is 12.5. The zero-order valence-electron chi connectivity index (χ0n) is 32.1. The Morgan fingerprint density at radius 3 is 1.56 bits per heavy atom. The lowest BCUT2D eigenvalue weighted by molar-refractivity contribution is -0.136. The molecule has 0 aliphatic carbocycles. The zero-order chi connectivity index (χ0) is 37.3. The molecule has 0 radical (unpaired) electrons. The molecule has 0 aliphatic heterocycles. The van der Waals surface area contributed by atoms with Crippen molar-refractivity contribution in [3.8, 4) is 6.07 Å². The van der Waals surface area contributed by atoms with Crippen LogP contribution in [0.5, 0.6) is 0 Å². The van der Waals surface area contributed by atoms with Gasteiger partial charge < -0.3 is 4.74 Å². The van der Waals surface area contributed by atoms with E-state index in [1.165, 1.54) is 100 Å². The van der Waals surface area contributed by atoms with Gasteiger partial charge in [-0.25, -0.2) is 4.85 Å². The second kappa shape index (κ2) is 21.9. The largest absolute Gasteiger partial charge is 0.471 e. The summed E-state index contributed by atoms with van der Waals surface area (Å²) in [6.07, 6.45) is 22.9. The summed E-state index contributed by atoms with van der Waals surface area (Å²) in [6.45, 7) is 16.6. The lowest BCUT2D eigenvalue weighted by Gasteiger charge is -2.08. The number of unbranched alkanes of at least 4 members (excludes halogenated alkanes) is 15. The zero-order valence-corrected chi connectivity index (χ0v) is 33.7. The smallest absolute Gasteiger partial charge is 0.336 e. The number of hydrogen-bond acceptors (Lipinski definition) is 6. The van der Waals surface area contributed by atoms with Crippen molar-refractivity contribution in [1.82, 2.24) is 0 Å². The average molecular weight is 739 g/mol. The number of ether oxygens (including phenoxy) is 1. The molecule has 278 valence electrons. The van der Waals surface area contributed by atoms with Gasteiger partial charge in [-0.3, -0.25) is 9.59 Å². The van der Waals surface area contributed by atoms with E-state index in [1.807, 2.05) is 12.1 Å². The molecule has 2 aromatic carbocycles. The number of carbonyl (C=O) groups excluding carboxylic acids is 2. The topological polar surface area (TPSA) is 71.5 Å². The predicted molar refractivity (Wildman–Crippen MR) is 222 cm³/mol. The number of nitriles is 1. The van der Waals surface area contributed by atoms with Crippen LogP contribution in [0.25, 0.3) is 47.1 Å². The van der Waals surface area contributed by atoms with Crippen molar-refractivity contribution in [2.45, 2.75) is 156 Å². The van der Waals surface area contributed by atoms with Gasteiger partial charge in [-0.1, -0.05) is 123 Å². The van der Waals surface area contributed by atoms with E-state index in [0.29, 0.717) is 17.0 Å².